The Labute approximate surface area is 178 Å². The highest BCUT2D eigenvalue weighted by molar-refractivity contribution is 7.92. The van der Waals surface area contributed by atoms with E-state index in [1.165, 1.54) is 22.5 Å². The molecule has 0 heterocycles. The Kier molecular flexibility index (Phi) is 6.90. The van der Waals surface area contributed by atoms with Gasteiger partial charge in [-0.3, -0.25) is 9.10 Å². The third-order valence-electron chi connectivity index (χ3n) is 4.90. The average molecular weight is 423 g/mol. The molecule has 30 heavy (non-hydrogen) atoms. The molecule has 0 aliphatic heterocycles. The second kappa shape index (κ2) is 9.59. The van der Waals surface area contributed by atoms with Crippen LogP contribution in [0.25, 0.3) is 0 Å². The van der Waals surface area contributed by atoms with Crippen molar-refractivity contribution in [3.63, 3.8) is 0 Å². The number of anilines is 1. The van der Waals surface area contributed by atoms with Crippen LogP contribution >= 0.6 is 0 Å². The van der Waals surface area contributed by atoms with Gasteiger partial charge in [-0.15, -0.1) is 0 Å². The van der Waals surface area contributed by atoms with Crippen LogP contribution in [0.3, 0.4) is 0 Å². The molecule has 0 unspecified atom stereocenters. The number of sulfonamides is 1. The molecule has 1 N–H and O–H groups in total. The van der Waals surface area contributed by atoms with E-state index in [0.29, 0.717) is 17.8 Å². The number of nitrogens with one attached hydrogen (secondary N) is 1. The first-order valence-corrected chi connectivity index (χ1v) is 11.3. The van der Waals surface area contributed by atoms with Crippen LogP contribution < -0.4 is 9.62 Å². The molecule has 5 nitrogen and oxygen atoms in total. The van der Waals surface area contributed by atoms with Crippen molar-refractivity contribution < 1.29 is 13.2 Å². The number of hydrogen-bond donors (Lipinski definition) is 1. The van der Waals surface area contributed by atoms with Crippen LogP contribution in [-0.4, -0.2) is 27.9 Å². The first-order chi connectivity index (χ1) is 14.4. The molecule has 0 spiro atoms. The van der Waals surface area contributed by atoms with E-state index >= 15 is 0 Å². The summed E-state index contributed by atoms with van der Waals surface area (Å²) in [5, 5.41) is 2.92. The van der Waals surface area contributed by atoms with Gasteiger partial charge < -0.3 is 5.32 Å². The summed E-state index contributed by atoms with van der Waals surface area (Å²) in [4.78, 5) is 12.6. The van der Waals surface area contributed by atoms with Crippen molar-refractivity contribution in [3.05, 3.63) is 95.6 Å². The number of amides is 1. The van der Waals surface area contributed by atoms with E-state index in [4.69, 9.17) is 0 Å². The molecule has 0 fully saturated rings. The molecule has 0 saturated heterocycles. The number of rotatable bonds is 8. The minimum atomic E-state index is -3.64. The zero-order valence-corrected chi connectivity index (χ0v) is 18.0. The van der Waals surface area contributed by atoms with E-state index in [9.17, 15) is 13.2 Å². The Morgan fingerprint density at radius 1 is 0.933 bits per heavy atom. The molecule has 0 bridgehead atoms. The van der Waals surface area contributed by atoms with Gasteiger partial charge in [-0.1, -0.05) is 48.0 Å². The van der Waals surface area contributed by atoms with Gasteiger partial charge in [0.15, 0.2) is 0 Å². The smallest absolute Gasteiger partial charge is 0.264 e. The third-order valence-corrected chi connectivity index (χ3v) is 6.70. The molecular formula is C24H26N2O3S. The van der Waals surface area contributed by atoms with Crippen LogP contribution in [0.15, 0.2) is 83.8 Å². The van der Waals surface area contributed by atoms with Gasteiger partial charge in [0, 0.05) is 19.2 Å². The lowest BCUT2D eigenvalue weighted by atomic mass is 10.1. The number of aryl methyl sites for hydroxylation is 2. The predicted molar refractivity (Wildman–Crippen MR) is 120 cm³/mol. The predicted octanol–water partition coefficient (Wildman–Crippen LogP) is 4.18. The van der Waals surface area contributed by atoms with Crippen LogP contribution in [0.5, 0.6) is 0 Å². The van der Waals surface area contributed by atoms with Crippen LogP contribution in [0.2, 0.25) is 0 Å². The van der Waals surface area contributed by atoms with Gasteiger partial charge in [-0.2, -0.15) is 0 Å². The maximum Gasteiger partial charge on any atom is 0.264 e. The van der Waals surface area contributed by atoms with Crippen LogP contribution in [0.4, 0.5) is 5.69 Å². The summed E-state index contributed by atoms with van der Waals surface area (Å²) in [7, 11) is -2.14. The Morgan fingerprint density at radius 2 is 1.63 bits per heavy atom. The lowest BCUT2D eigenvalue weighted by Gasteiger charge is -2.19. The summed E-state index contributed by atoms with van der Waals surface area (Å²) < 4.78 is 26.6. The Balaban J connectivity index is 1.56. The third kappa shape index (κ3) is 5.27. The highest BCUT2D eigenvalue weighted by Gasteiger charge is 2.21. The van der Waals surface area contributed by atoms with Crippen molar-refractivity contribution >= 4 is 21.6 Å². The minimum Gasteiger partial charge on any atom is -0.352 e. The first kappa shape index (κ1) is 21.6. The van der Waals surface area contributed by atoms with Crippen molar-refractivity contribution in [1.82, 2.24) is 5.32 Å². The van der Waals surface area contributed by atoms with E-state index in [0.717, 1.165) is 12.8 Å². The van der Waals surface area contributed by atoms with Crippen LogP contribution in [-0.2, 0) is 16.4 Å². The molecule has 156 valence electrons. The maximum absolute atomic E-state index is 12.7. The van der Waals surface area contributed by atoms with Gasteiger partial charge in [0.2, 0.25) is 0 Å². The summed E-state index contributed by atoms with van der Waals surface area (Å²) in [5.74, 6) is -0.167. The van der Waals surface area contributed by atoms with E-state index in [1.54, 1.807) is 54.6 Å². The summed E-state index contributed by atoms with van der Waals surface area (Å²) in [5.41, 5.74) is 3.49. The SMILES string of the molecule is Cc1cccc(CCCNC(=O)c2ccc(N(C)S(=O)(=O)c3ccccc3)cc2)c1. The Hall–Kier alpha value is -3.12. The summed E-state index contributed by atoms with van der Waals surface area (Å²) in [6, 6.07) is 23.2. The zero-order chi connectivity index (χ0) is 21.6. The van der Waals surface area contributed by atoms with Crippen molar-refractivity contribution in [2.45, 2.75) is 24.7 Å². The van der Waals surface area contributed by atoms with Gasteiger partial charge in [0.1, 0.15) is 0 Å². The second-order valence-electron chi connectivity index (χ2n) is 7.18. The number of carbonyl (C=O) groups excluding carboxylic acids is 1. The molecular weight excluding hydrogens is 396 g/mol. The molecule has 3 rings (SSSR count). The van der Waals surface area contributed by atoms with E-state index < -0.39 is 10.0 Å². The van der Waals surface area contributed by atoms with Gasteiger partial charge in [0.25, 0.3) is 15.9 Å². The Bertz CT molecular complexity index is 1090. The standard InChI is InChI=1S/C24H26N2O3S/c1-19-8-6-9-20(18-19)10-7-17-25-24(27)21-13-15-22(16-14-21)26(2)30(28,29)23-11-4-3-5-12-23/h3-6,8-9,11-16,18H,7,10,17H2,1-2H3,(H,25,27). The monoisotopic (exact) mass is 422 g/mol. The van der Waals surface area contributed by atoms with E-state index in [1.807, 2.05) is 6.07 Å². The molecule has 0 atom stereocenters. The fourth-order valence-electron chi connectivity index (χ4n) is 3.18. The molecule has 3 aromatic rings. The molecule has 1 amide bonds. The number of hydrogen-bond acceptors (Lipinski definition) is 3. The molecule has 0 saturated carbocycles. The van der Waals surface area contributed by atoms with Crippen LogP contribution in [0.1, 0.15) is 27.9 Å². The molecule has 0 aliphatic carbocycles. The minimum absolute atomic E-state index is 0.167. The highest BCUT2D eigenvalue weighted by Crippen LogP contribution is 2.22. The lowest BCUT2D eigenvalue weighted by Crippen LogP contribution is -2.27. The maximum atomic E-state index is 12.7. The molecule has 0 radical (unpaired) electrons. The highest BCUT2D eigenvalue weighted by atomic mass is 32.2. The quantitative estimate of drug-likeness (QED) is 0.554. The lowest BCUT2D eigenvalue weighted by molar-refractivity contribution is 0.0953. The first-order valence-electron chi connectivity index (χ1n) is 9.86. The normalized spacial score (nSPS) is 11.1. The van der Waals surface area contributed by atoms with Crippen molar-refractivity contribution in [2.24, 2.45) is 0 Å². The van der Waals surface area contributed by atoms with Crippen molar-refractivity contribution in [3.8, 4) is 0 Å². The molecule has 0 aromatic heterocycles. The summed E-state index contributed by atoms with van der Waals surface area (Å²) in [6.07, 6.45) is 1.76. The molecule has 6 heteroatoms. The summed E-state index contributed by atoms with van der Waals surface area (Å²) in [6.45, 7) is 2.65. The second-order valence-corrected chi connectivity index (χ2v) is 9.15. The van der Waals surface area contributed by atoms with Gasteiger partial charge in [-0.05, 0) is 61.7 Å². The largest absolute Gasteiger partial charge is 0.352 e. The zero-order valence-electron chi connectivity index (χ0n) is 17.2. The topological polar surface area (TPSA) is 66.5 Å². The fraction of sp³-hybridized carbons (Fsp3) is 0.208. The number of nitrogens with zero attached hydrogens (tertiary/aromatic N) is 1. The Morgan fingerprint density at radius 3 is 2.30 bits per heavy atom. The number of benzene rings is 3. The van der Waals surface area contributed by atoms with Crippen LogP contribution in [0, 0.1) is 6.92 Å². The van der Waals surface area contributed by atoms with E-state index in [2.05, 4.69) is 30.4 Å². The summed E-state index contributed by atoms with van der Waals surface area (Å²) >= 11 is 0. The van der Waals surface area contributed by atoms with Gasteiger partial charge in [0.05, 0.1) is 10.6 Å². The number of carbonyl (C=O) groups is 1. The molecule has 3 aromatic carbocycles. The fourth-order valence-corrected chi connectivity index (χ4v) is 4.39. The van der Waals surface area contributed by atoms with Gasteiger partial charge >= 0.3 is 0 Å². The van der Waals surface area contributed by atoms with Gasteiger partial charge in [-0.25, -0.2) is 8.42 Å². The van der Waals surface area contributed by atoms with Crippen molar-refractivity contribution in [2.75, 3.05) is 17.9 Å². The van der Waals surface area contributed by atoms with E-state index in [-0.39, 0.29) is 10.8 Å². The molecule has 0 aliphatic rings. The average Bonchev–Trinajstić information content (AvgIpc) is 2.77. The van der Waals surface area contributed by atoms with Crippen molar-refractivity contribution in [1.29, 1.82) is 0 Å².